The van der Waals surface area contributed by atoms with Crippen LogP contribution >= 0.6 is 22.7 Å². The van der Waals surface area contributed by atoms with Gasteiger partial charge in [-0.1, -0.05) is 6.07 Å². The number of thiophene rings is 1. The summed E-state index contributed by atoms with van der Waals surface area (Å²) in [6, 6.07) is 9.43. The molecule has 0 saturated heterocycles. The average molecular weight is 372 g/mol. The van der Waals surface area contributed by atoms with E-state index in [0.717, 1.165) is 16.1 Å². The van der Waals surface area contributed by atoms with E-state index < -0.39 is 0 Å². The SMILES string of the molecule is COc1ccc(-c2csc(NC(=O)C=Cc3cccs3)n2)c(OC)c1. The molecule has 0 fully saturated rings. The number of thiazole rings is 1. The number of aromatic nitrogens is 1. The van der Waals surface area contributed by atoms with Crippen LogP contribution in [0, 0.1) is 0 Å². The predicted octanol–water partition coefficient (Wildman–Crippen LogP) is 4.54. The maximum atomic E-state index is 12.0. The Morgan fingerprint density at radius 1 is 1.20 bits per heavy atom. The van der Waals surface area contributed by atoms with Gasteiger partial charge in [0.15, 0.2) is 5.13 Å². The average Bonchev–Trinajstić information content (AvgIpc) is 3.31. The molecule has 1 amide bonds. The molecule has 0 spiro atoms. The van der Waals surface area contributed by atoms with Crippen molar-refractivity contribution in [2.75, 3.05) is 19.5 Å². The second-order valence-electron chi connectivity index (χ2n) is 4.94. The molecular formula is C18H16N2O3S2. The summed E-state index contributed by atoms with van der Waals surface area (Å²) in [5.41, 5.74) is 1.58. The molecule has 2 aromatic heterocycles. The standard InChI is InChI=1S/C18H16N2O3S2/c1-22-12-5-7-14(16(10-12)23-2)15-11-25-18(19-15)20-17(21)8-6-13-4-3-9-24-13/h3-11H,1-2H3,(H,19,20,21). The molecular weight excluding hydrogens is 356 g/mol. The van der Waals surface area contributed by atoms with Crippen LogP contribution in [0.15, 0.2) is 47.2 Å². The molecule has 0 radical (unpaired) electrons. The molecule has 0 unspecified atom stereocenters. The summed E-state index contributed by atoms with van der Waals surface area (Å²) in [6.07, 6.45) is 3.28. The van der Waals surface area contributed by atoms with Gasteiger partial charge in [-0.3, -0.25) is 10.1 Å². The monoisotopic (exact) mass is 372 g/mol. The van der Waals surface area contributed by atoms with Crippen molar-refractivity contribution in [3.8, 4) is 22.8 Å². The van der Waals surface area contributed by atoms with Crippen LogP contribution in [0.3, 0.4) is 0 Å². The lowest BCUT2D eigenvalue weighted by Gasteiger charge is -2.08. The van der Waals surface area contributed by atoms with Crippen molar-refractivity contribution in [3.63, 3.8) is 0 Å². The highest BCUT2D eigenvalue weighted by Crippen LogP contribution is 2.34. The maximum absolute atomic E-state index is 12.0. The van der Waals surface area contributed by atoms with E-state index in [0.29, 0.717) is 16.6 Å². The molecule has 3 rings (SSSR count). The Morgan fingerprint density at radius 3 is 2.80 bits per heavy atom. The van der Waals surface area contributed by atoms with E-state index in [9.17, 15) is 4.79 Å². The number of ether oxygens (including phenoxy) is 2. The van der Waals surface area contributed by atoms with Gasteiger partial charge in [-0.15, -0.1) is 22.7 Å². The summed E-state index contributed by atoms with van der Waals surface area (Å²) in [7, 11) is 3.21. The number of rotatable bonds is 6. The molecule has 0 atom stereocenters. The first-order valence-electron chi connectivity index (χ1n) is 7.40. The Balaban J connectivity index is 1.73. The number of carbonyl (C=O) groups excluding carboxylic acids is 1. The van der Waals surface area contributed by atoms with E-state index in [2.05, 4.69) is 10.3 Å². The molecule has 0 aliphatic rings. The van der Waals surface area contributed by atoms with Crippen LogP contribution in [0.25, 0.3) is 17.3 Å². The lowest BCUT2D eigenvalue weighted by molar-refractivity contribution is -0.111. The number of hydrogen-bond donors (Lipinski definition) is 1. The number of carbonyl (C=O) groups is 1. The smallest absolute Gasteiger partial charge is 0.250 e. The third-order valence-corrected chi connectivity index (χ3v) is 4.96. The summed E-state index contributed by atoms with van der Waals surface area (Å²) in [6.45, 7) is 0. The quantitative estimate of drug-likeness (QED) is 0.645. The third kappa shape index (κ3) is 4.26. The van der Waals surface area contributed by atoms with Gasteiger partial charge >= 0.3 is 0 Å². The molecule has 7 heteroatoms. The molecule has 128 valence electrons. The van der Waals surface area contributed by atoms with Gasteiger partial charge < -0.3 is 9.47 Å². The number of nitrogens with zero attached hydrogens (tertiary/aromatic N) is 1. The third-order valence-electron chi connectivity index (χ3n) is 3.36. The maximum Gasteiger partial charge on any atom is 0.250 e. The molecule has 25 heavy (non-hydrogen) atoms. The molecule has 5 nitrogen and oxygen atoms in total. The van der Waals surface area contributed by atoms with Gasteiger partial charge in [-0.05, 0) is 29.7 Å². The number of nitrogens with one attached hydrogen (secondary N) is 1. The first kappa shape index (κ1) is 17.2. The van der Waals surface area contributed by atoms with Crippen LogP contribution in [-0.4, -0.2) is 25.1 Å². The fourth-order valence-corrected chi connectivity index (χ4v) is 3.49. The highest BCUT2D eigenvalue weighted by molar-refractivity contribution is 7.14. The highest BCUT2D eigenvalue weighted by atomic mass is 32.1. The topological polar surface area (TPSA) is 60.5 Å². The fraction of sp³-hybridized carbons (Fsp3) is 0.111. The van der Waals surface area contributed by atoms with Crippen molar-refractivity contribution in [2.45, 2.75) is 0 Å². The minimum atomic E-state index is -0.212. The molecule has 0 aliphatic heterocycles. The zero-order chi connectivity index (χ0) is 17.6. The van der Waals surface area contributed by atoms with Crippen molar-refractivity contribution < 1.29 is 14.3 Å². The zero-order valence-electron chi connectivity index (χ0n) is 13.7. The second-order valence-corrected chi connectivity index (χ2v) is 6.78. The van der Waals surface area contributed by atoms with E-state index in [1.807, 2.05) is 35.0 Å². The van der Waals surface area contributed by atoms with Gasteiger partial charge in [0.2, 0.25) is 5.91 Å². The fourth-order valence-electron chi connectivity index (χ4n) is 2.16. The van der Waals surface area contributed by atoms with Crippen molar-refractivity contribution in [1.29, 1.82) is 0 Å². The lowest BCUT2D eigenvalue weighted by Crippen LogP contribution is -2.07. The van der Waals surface area contributed by atoms with Crippen molar-refractivity contribution in [2.24, 2.45) is 0 Å². The lowest BCUT2D eigenvalue weighted by atomic mass is 10.1. The molecule has 2 heterocycles. The number of hydrogen-bond acceptors (Lipinski definition) is 6. The van der Waals surface area contributed by atoms with Gasteiger partial charge in [0.25, 0.3) is 0 Å². The minimum absolute atomic E-state index is 0.212. The van der Waals surface area contributed by atoms with Gasteiger partial charge in [0.05, 0.1) is 19.9 Å². The van der Waals surface area contributed by atoms with E-state index in [-0.39, 0.29) is 5.91 Å². The van der Waals surface area contributed by atoms with Crippen molar-refractivity contribution in [3.05, 3.63) is 52.0 Å². The van der Waals surface area contributed by atoms with Crippen LogP contribution in [0.1, 0.15) is 4.88 Å². The van der Waals surface area contributed by atoms with E-state index in [1.54, 1.807) is 37.7 Å². The summed E-state index contributed by atoms with van der Waals surface area (Å²) in [5.74, 6) is 1.17. The Kier molecular flexibility index (Phi) is 5.47. The molecule has 1 aromatic carbocycles. The minimum Gasteiger partial charge on any atom is -0.497 e. The predicted molar refractivity (Wildman–Crippen MR) is 103 cm³/mol. The molecule has 0 saturated carbocycles. The largest absolute Gasteiger partial charge is 0.497 e. The molecule has 0 aliphatic carbocycles. The normalized spacial score (nSPS) is 10.8. The van der Waals surface area contributed by atoms with Gasteiger partial charge in [0, 0.05) is 28.0 Å². The first-order valence-corrected chi connectivity index (χ1v) is 9.16. The second kappa shape index (κ2) is 7.96. The summed E-state index contributed by atoms with van der Waals surface area (Å²) >= 11 is 2.94. The Labute approximate surface area is 153 Å². The summed E-state index contributed by atoms with van der Waals surface area (Å²) < 4.78 is 10.6. The van der Waals surface area contributed by atoms with Crippen molar-refractivity contribution in [1.82, 2.24) is 4.98 Å². The Bertz CT molecular complexity index is 886. The number of methoxy groups -OCH3 is 2. The first-order chi connectivity index (χ1) is 12.2. The van der Waals surface area contributed by atoms with Crippen molar-refractivity contribution >= 4 is 39.8 Å². The summed E-state index contributed by atoms with van der Waals surface area (Å²) in [5, 5.41) is 7.15. The van der Waals surface area contributed by atoms with Gasteiger partial charge in [0.1, 0.15) is 11.5 Å². The van der Waals surface area contributed by atoms with Gasteiger partial charge in [-0.25, -0.2) is 4.98 Å². The molecule has 3 aromatic rings. The van der Waals surface area contributed by atoms with Crippen LogP contribution in [-0.2, 0) is 4.79 Å². The zero-order valence-corrected chi connectivity index (χ0v) is 15.3. The summed E-state index contributed by atoms with van der Waals surface area (Å²) in [4.78, 5) is 17.5. The number of amides is 1. The van der Waals surface area contributed by atoms with Crippen LogP contribution in [0.2, 0.25) is 0 Å². The van der Waals surface area contributed by atoms with E-state index in [4.69, 9.17) is 9.47 Å². The van der Waals surface area contributed by atoms with Crippen LogP contribution in [0.4, 0.5) is 5.13 Å². The van der Waals surface area contributed by atoms with E-state index >= 15 is 0 Å². The van der Waals surface area contributed by atoms with E-state index in [1.165, 1.54) is 17.4 Å². The number of benzene rings is 1. The highest BCUT2D eigenvalue weighted by Gasteiger charge is 2.12. The van der Waals surface area contributed by atoms with Crippen LogP contribution < -0.4 is 14.8 Å². The van der Waals surface area contributed by atoms with Gasteiger partial charge in [-0.2, -0.15) is 0 Å². The number of anilines is 1. The Morgan fingerprint density at radius 2 is 2.08 bits per heavy atom. The molecule has 0 bridgehead atoms. The van der Waals surface area contributed by atoms with Crippen LogP contribution in [0.5, 0.6) is 11.5 Å². The Hall–Kier alpha value is -2.64. The molecule has 1 N–H and O–H groups in total.